The van der Waals surface area contributed by atoms with E-state index in [2.05, 4.69) is 5.32 Å². The molecule has 0 aromatic heterocycles. The van der Waals surface area contributed by atoms with Crippen LogP contribution < -0.4 is 15.8 Å². The normalized spacial score (nSPS) is 11.5. The molecule has 21 heavy (non-hydrogen) atoms. The summed E-state index contributed by atoms with van der Waals surface area (Å²) in [4.78, 5) is 11.9. The number of nitrogens with two attached hydrogens (primary N) is 1. The van der Waals surface area contributed by atoms with Crippen LogP contribution >= 0.6 is 22.6 Å². The highest BCUT2D eigenvalue weighted by Crippen LogP contribution is 2.30. The van der Waals surface area contributed by atoms with E-state index in [4.69, 9.17) is 20.5 Å². The van der Waals surface area contributed by atoms with Crippen LogP contribution in [0.25, 0.3) is 0 Å². The summed E-state index contributed by atoms with van der Waals surface area (Å²) in [5.41, 5.74) is 6.66. The number of carbonyl (C=O) groups is 1. The van der Waals surface area contributed by atoms with E-state index in [1.165, 1.54) is 6.07 Å². The van der Waals surface area contributed by atoms with Crippen LogP contribution in [0.2, 0.25) is 0 Å². The molecule has 0 saturated carbocycles. The molecule has 114 valence electrons. The number of nitrogens with zero attached hydrogens (tertiary/aromatic N) is 1. The number of anilines is 1. The molecule has 0 spiro atoms. The van der Waals surface area contributed by atoms with Gasteiger partial charge in [0.1, 0.15) is 0 Å². The Hall–Kier alpha value is -1.53. The number of hydrogen-bond donors (Lipinski definition) is 2. The van der Waals surface area contributed by atoms with Crippen LogP contribution in [-0.4, -0.2) is 32.3 Å². The highest BCUT2D eigenvalue weighted by atomic mass is 127. The van der Waals surface area contributed by atoms with E-state index in [9.17, 15) is 4.79 Å². The van der Waals surface area contributed by atoms with Gasteiger partial charge in [0.15, 0.2) is 11.9 Å². The number of amides is 1. The summed E-state index contributed by atoms with van der Waals surface area (Å²) >= 11 is 2.03. The second-order valence-electron chi connectivity index (χ2n) is 4.39. The molecule has 1 rings (SSSR count). The lowest BCUT2D eigenvalue weighted by Gasteiger charge is -2.17. The lowest BCUT2D eigenvalue weighted by atomic mass is 10.2. The first-order chi connectivity index (χ1) is 9.99. The van der Waals surface area contributed by atoms with Gasteiger partial charge in [-0.05, 0) is 48.1 Å². The molecule has 0 aliphatic carbocycles. The summed E-state index contributed by atoms with van der Waals surface area (Å²) in [5, 5.41) is 11.6. The predicted molar refractivity (Wildman–Crippen MR) is 87.9 cm³/mol. The van der Waals surface area contributed by atoms with E-state index in [0.29, 0.717) is 33.7 Å². The smallest absolute Gasteiger partial charge is 0.260 e. The second-order valence-corrected chi connectivity index (χ2v) is 5.55. The fraction of sp³-hybridized carbons (Fsp3) is 0.429. The Bertz CT molecular complexity index is 520. The van der Waals surface area contributed by atoms with Gasteiger partial charge in [0.25, 0.3) is 5.91 Å². The Morgan fingerprint density at radius 1 is 1.57 bits per heavy atom. The topological polar surface area (TPSA) is 97.4 Å². The van der Waals surface area contributed by atoms with E-state index in [-0.39, 0.29) is 5.91 Å². The van der Waals surface area contributed by atoms with Gasteiger partial charge in [-0.1, -0.05) is 0 Å². The van der Waals surface area contributed by atoms with Crippen LogP contribution in [0.5, 0.6) is 5.75 Å². The molecule has 1 atom stereocenters. The van der Waals surface area contributed by atoms with Gasteiger partial charge >= 0.3 is 0 Å². The minimum Gasteiger partial charge on any atom is -0.478 e. The number of benzene rings is 1. The average Bonchev–Trinajstić information content (AvgIpc) is 2.46. The molecule has 0 aliphatic heterocycles. The lowest BCUT2D eigenvalue weighted by molar-refractivity contribution is -0.127. The first-order valence-corrected chi connectivity index (χ1v) is 7.50. The average molecular weight is 403 g/mol. The summed E-state index contributed by atoms with van der Waals surface area (Å²) in [7, 11) is 1.61. The van der Waals surface area contributed by atoms with E-state index in [1.807, 2.05) is 28.7 Å². The number of hydrogen-bond acceptors (Lipinski definition) is 5. The van der Waals surface area contributed by atoms with Gasteiger partial charge in [0.05, 0.1) is 20.9 Å². The minimum atomic E-state index is -0.670. The molecule has 1 aromatic carbocycles. The summed E-state index contributed by atoms with van der Waals surface area (Å²) < 4.78 is 11.2. The fourth-order valence-electron chi connectivity index (χ4n) is 1.61. The van der Waals surface area contributed by atoms with Crippen molar-refractivity contribution >= 4 is 34.2 Å². The largest absolute Gasteiger partial charge is 0.478 e. The third kappa shape index (κ3) is 5.40. The van der Waals surface area contributed by atoms with Crippen molar-refractivity contribution in [2.75, 3.05) is 26.0 Å². The molecule has 1 aromatic rings. The first kappa shape index (κ1) is 17.5. The van der Waals surface area contributed by atoms with Gasteiger partial charge in [0.2, 0.25) is 0 Å². The third-order valence-corrected chi connectivity index (χ3v) is 3.49. The number of nitrogen functional groups attached to an aromatic ring is 1. The Morgan fingerprint density at radius 2 is 2.29 bits per heavy atom. The molecular formula is C14H18IN3O3. The van der Waals surface area contributed by atoms with Gasteiger partial charge in [0, 0.05) is 20.3 Å². The standard InChI is InChI=1S/C14H18IN3O3/c1-9(14(19)18-4-3-5-20-2)21-13-11(15)6-10(8-16)7-12(13)17/h6-7,9H,3-5,17H2,1-2H3,(H,18,19). The molecular weight excluding hydrogens is 385 g/mol. The van der Waals surface area contributed by atoms with E-state index >= 15 is 0 Å². The van der Waals surface area contributed by atoms with Crippen molar-refractivity contribution in [2.45, 2.75) is 19.4 Å². The molecule has 0 fully saturated rings. The summed E-state index contributed by atoms with van der Waals surface area (Å²) in [5.74, 6) is 0.208. The number of halogens is 1. The van der Waals surface area contributed by atoms with Crippen molar-refractivity contribution in [3.8, 4) is 11.8 Å². The number of nitriles is 1. The number of ether oxygens (including phenoxy) is 2. The van der Waals surface area contributed by atoms with Crippen LogP contribution in [0.3, 0.4) is 0 Å². The molecule has 0 bridgehead atoms. The Morgan fingerprint density at radius 3 is 2.86 bits per heavy atom. The molecule has 1 unspecified atom stereocenters. The highest BCUT2D eigenvalue weighted by Gasteiger charge is 2.17. The Balaban J connectivity index is 2.64. The Kier molecular flexibility index (Phi) is 7.25. The van der Waals surface area contributed by atoms with Crippen LogP contribution in [0, 0.1) is 14.9 Å². The quantitative estimate of drug-likeness (QED) is 0.410. The maximum Gasteiger partial charge on any atom is 0.260 e. The maximum atomic E-state index is 11.9. The number of rotatable bonds is 7. The number of methoxy groups -OCH3 is 1. The van der Waals surface area contributed by atoms with Crippen molar-refractivity contribution in [3.05, 3.63) is 21.3 Å². The van der Waals surface area contributed by atoms with Crippen molar-refractivity contribution in [1.29, 1.82) is 5.26 Å². The van der Waals surface area contributed by atoms with Crippen LogP contribution in [0.1, 0.15) is 18.9 Å². The second kappa shape index (κ2) is 8.69. The Labute approximate surface area is 137 Å². The first-order valence-electron chi connectivity index (χ1n) is 6.42. The van der Waals surface area contributed by atoms with Crippen LogP contribution in [0.15, 0.2) is 12.1 Å². The minimum absolute atomic E-state index is 0.217. The van der Waals surface area contributed by atoms with E-state index in [0.717, 1.165) is 6.42 Å². The number of carbonyl (C=O) groups excluding carboxylic acids is 1. The highest BCUT2D eigenvalue weighted by molar-refractivity contribution is 14.1. The zero-order valence-electron chi connectivity index (χ0n) is 12.0. The third-order valence-electron chi connectivity index (χ3n) is 2.69. The molecule has 7 heteroatoms. The van der Waals surface area contributed by atoms with Gasteiger partial charge < -0.3 is 20.5 Å². The number of nitrogens with one attached hydrogen (secondary N) is 1. The summed E-state index contributed by atoms with van der Waals surface area (Å²) in [6.07, 6.45) is 0.0715. The predicted octanol–water partition coefficient (Wildman–Crippen LogP) is 1.67. The van der Waals surface area contributed by atoms with E-state index < -0.39 is 6.10 Å². The van der Waals surface area contributed by atoms with Crippen molar-refractivity contribution < 1.29 is 14.3 Å². The molecule has 0 saturated heterocycles. The maximum absolute atomic E-state index is 11.9. The van der Waals surface area contributed by atoms with E-state index in [1.54, 1.807) is 20.1 Å². The van der Waals surface area contributed by atoms with Gasteiger partial charge in [-0.25, -0.2) is 0 Å². The molecule has 3 N–H and O–H groups in total. The lowest BCUT2D eigenvalue weighted by Crippen LogP contribution is -2.37. The van der Waals surface area contributed by atoms with Crippen molar-refractivity contribution in [1.82, 2.24) is 5.32 Å². The summed E-state index contributed by atoms with van der Waals surface area (Å²) in [6, 6.07) is 5.21. The molecule has 6 nitrogen and oxygen atoms in total. The zero-order chi connectivity index (χ0) is 15.8. The monoisotopic (exact) mass is 403 g/mol. The van der Waals surface area contributed by atoms with Gasteiger partial charge in [-0.2, -0.15) is 5.26 Å². The van der Waals surface area contributed by atoms with Gasteiger partial charge in [-0.3, -0.25) is 4.79 Å². The zero-order valence-corrected chi connectivity index (χ0v) is 14.1. The molecule has 0 radical (unpaired) electrons. The van der Waals surface area contributed by atoms with Crippen LogP contribution in [-0.2, 0) is 9.53 Å². The summed E-state index contributed by atoms with van der Waals surface area (Å²) in [6.45, 7) is 2.77. The SMILES string of the molecule is COCCCNC(=O)C(C)Oc1c(N)cc(C#N)cc1I. The van der Waals surface area contributed by atoms with Crippen molar-refractivity contribution in [3.63, 3.8) is 0 Å². The molecule has 0 heterocycles. The van der Waals surface area contributed by atoms with Gasteiger partial charge in [-0.15, -0.1) is 0 Å². The molecule has 1 amide bonds. The van der Waals surface area contributed by atoms with Crippen LogP contribution in [0.4, 0.5) is 5.69 Å². The fourth-order valence-corrected chi connectivity index (χ4v) is 2.38. The molecule has 0 aliphatic rings. The van der Waals surface area contributed by atoms with Crippen molar-refractivity contribution in [2.24, 2.45) is 0 Å².